The summed E-state index contributed by atoms with van der Waals surface area (Å²) in [5.74, 6) is -0.669. The van der Waals surface area contributed by atoms with E-state index in [1.807, 2.05) is 0 Å². The number of aliphatic carboxylic acids is 1. The van der Waals surface area contributed by atoms with Crippen LogP contribution in [0.25, 0.3) is 10.2 Å². The highest BCUT2D eigenvalue weighted by Crippen LogP contribution is 2.31. The van der Waals surface area contributed by atoms with Gasteiger partial charge in [0.15, 0.2) is 6.04 Å². The Morgan fingerprint density at radius 3 is 2.80 bits per heavy atom. The molecule has 2 aromatic rings. The number of benzene rings is 1. The number of nitrogens with zero attached hydrogens (tertiary/aromatic N) is 2. The number of rotatable bonds is 6. The number of hydrogen-bond donors (Lipinski definition) is 1. The van der Waals surface area contributed by atoms with Crippen molar-refractivity contribution in [3.8, 4) is 5.75 Å². The first-order valence-corrected chi connectivity index (χ1v) is 9.27. The molecule has 3 rings (SSSR count). The first-order valence-electron chi connectivity index (χ1n) is 7.47. The summed E-state index contributed by atoms with van der Waals surface area (Å²) in [5, 5.41) is 10.3. The molecule has 0 bridgehead atoms. The van der Waals surface area contributed by atoms with Gasteiger partial charge in [-0.05, 0) is 19.1 Å². The van der Waals surface area contributed by atoms with Crippen LogP contribution >= 0.6 is 23.1 Å². The van der Waals surface area contributed by atoms with Crippen molar-refractivity contribution < 1.29 is 24.2 Å². The standard InChI is InChI=1S/C16H14N2O5S2/c1-8(19)2-5-13(20)23-9-3-4-10-12(6-9)25-15(17-10)14-18-11(7-24-14)16(21)22/h3-4,6,11H,2,5,7H2,1H3,(H,21,22)/t11-/m1/s1. The van der Waals surface area contributed by atoms with Crippen molar-refractivity contribution in [2.24, 2.45) is 4.99 Å². The highest BCUT2D eigenvalue weighted by Gasteiger charge is 2.26. The number of thioether (sulfide) groups is 1. The average molecular weight is 378 g/mol. The van der Waals surface area contributed by atoms with Crippen LogP contribution in [-0.2, 0) is 14.4 Å². The van der Waals surface area contributed by atoms with E-state index < -0.39 is 18.0 Å². The number of carboxylic acids is 1. The first kappa shape index (κ1) is 17.6. The molecule has 130 valence electrons. The summed E-state index contributed by atoms with van der Waals surface area (Å²) < 4.78 is 6.04. The minimum absolute atomic E-state index is 0.0470. The van der Waals surface area contributed by atoms with Crippen LogP contribution in [0.1, 0.15) is 24.8 Å². The number of aromatic nitrogens is 1. The highest BCUT2D eigenvalue weighted by molar-refractivity contribution is 8.15. The van der Waals surface area contributed by atoms with Gasteiger partial charge in [-0.1, -0.05) is 0 Å². The zero-order chi connectivity index (χ0) is 18.0. The summed E-state index contributed by atoms with van der Waals surface area (Å²) in [6.07, 6.45) is 0.207. The van der Waals surface area contributed by atoms with Gasteiger partial charge in [0, 0.05) is 18.2 Å². The van der Waals surface area contributed by atoms with Crippen LogP contribution in [0.3, 0.4) is 0 Å². The van der Waals surface area contributed by atoms with Gasteiger partial charge in [0.2, 0.25) is 0 Å². The summed E-state index contributed by atoms with van der Waals surface area (Å²) in [7, 11) is 0. The molecule has 1 atom stereocenters. The zero-order valence-electron chi connectivity index (χ0n) is 13.2. The Labute approximate surface area is 151 Å². The number of ether oxygens (including phenoxy) is 1. The fourth-order valence-corrected chi connectivity index (χ4v) is 4.23. The molecule has 7 nitrogen and oxygen atoms in total. The fourth-order valence-electron chi connectivity index (χ4n) is 2.14. The molecule has 1 aliphatic heterocycles. The van der Waals surface area contributed by atoms with Gasteiger partial charge >= 0.3 is 11.9 Å². The monoisotopic (exact) mass is 378 g/mol. The molecule has 1 aliphatic rings. The van der Waals surface area contributed by atoms with Gasteiger partial charge in [0.25, 0.3) is 0 Å². The van der Waals surface area contributed by atoms with Gasteiger partial charge in [-0.3, -0.25) is 9.79 Å². The van der Waals surface area contributed by atoms with Crippen molar-refractivity contribution >= 4 is 56.1 Å². The van der Waals surface area contributed by atoms with Crippen LogP contribution in [0.5, 0.6) is 5.75 Å². The largest absolute Gasteiger partial charge is 0.480 e. The lowest BCUT2D eigenvalue weighted by Gasteiger charge is -2.02. The van der Waals surface area contributed by atoms with Gasteiger partial charge < -0.3 is 14.6 Å². The molecular formula is C16H14N2O5S2. The van der Waals surface area contributed by atoms with Gasteiger partial charge in [-0.25, -0.2) is 9.78 Å². The van der Waals surface area contributed by atoms with E-state index in [2.05, 4.69) is 9.98 Å². The average Bonchev–Trinajstić information content (AvgIpc) is 3.19. The summed E-state index contributed by atoms with van der Waals surface area (Å²) >= 11 is 2.74. The predicted octanol–water partition coefficient (Wildman–Crippen LogP) is 2.52. The maximum Gasteiger partial charge on any atom is 0.329 e. The number of esters is 1. The summed E-state index contributed by atoms with van der Waals surface area (Å²) in [6.45, 7) is 1.43. The summed E-state index contributed by atoms with van der Waals surface area (Å²) in [6, 6.07) is 4.35. The number of ketones is 1. The van der Waals surface area contributed by atoms with Crippen LogP contribution in [0, 0.1) is 0 Å². The molecule has 1 N–H and O–H groups in total. The van der Waals surface area contributed by atoms with Crippen LogP contribution < -0.4 is 4.74 Å². The topological polar surface area (TPSA) is 106 Å². The number of carbonyl (C=O) groups is 3. The Hall–Kier alpha value is -2.26. The van der Waals surface area contributed by atoms with Crippen molar-refractivity contribution in [3.05, 3.63) is 23.2 Å². The molecule has 25 heavy (non-hydrogen) atoms. The van der Waals surface area contributed by atoms with E-state index in [-0.39, 0.29) is 18.6 Å². The maximum absolute atomic E-state index is 11.7. The molecule has 0 saturated carbocycles. The van der Waals surface area contributed by atoms with Crippen molar-refractivity contribution in [1.82, 2.24) is 4.98 Å². The first-order chi connectivity index (χ1) is 11.9. The van der Waals surface area contributed by atoms with E-state index in [1.54, 1.807) is 18.2 Å². The van der Waals surface area contributed by atoms with Crippen molar-refractivity contribution in [3.63, 3.8) is 0 Å². The number of thiazole rings is 1. The fraction of sp³-hybridized carbons (Fsp3) is 0.312. The molecule has 0 fully saturated rings. The van der Waals surface area contributed by atoms with Gasteiger partial charge in [0.05, 0.1) is 16.6 Å². The number of carboxylic acid groups (broad SMARTS) is 1. The Balaban J connectivity index is 1.76. The highest BCUT2D eigenvalue weighted by atomic mass is 32.2. The number of fused-ring (bicyclic) bond motifs is 1. The Bertz CT molecular complexity index is 890. The molecule has 0 spiro atoms. The Morgan fingerprint density at radius 1 is 1.32 bits per heavy atom. The molecule has 9 heteroatoms. The van der Waals surface area contributed by atoms with E-state index in [4.69, 9.17) is 9.84 Å². The second-order valence-corrected chi connectivity index (χ2v) is 7.46. The third kappa shape index (κ3) is 4.23. The Morgan fingerprint density at radius 2 is 2.12 bits per heavy atom. The SMILES string of the molecule is CC(=O)CCC(=O)Oc1ccc2nc(C3=N[C@@H](C(=O)O)CS3)sc2c1. The normalized spacial score (nSPS) is 16.7. The predicted molar refractivity (Wildman–Crippen MR) is 95.6 cm³/mol. The molecule has 1 aromatic heterocycles. The summed E-state index contributed by atoms with van der Waals surface area (Å²) in [5.41, 5.74) is 0.727. The maximum atomic E-state index is 11.7. The van der Waals surface area contributed by atoms with Crippen molar-refractivity contribution in [1.29, 1.82) is 0 Å². The van der Waals surface area contributed by atoms with Crippen LogP contribution in [-0.4, -0.2) is 44.7 Å². The van der Waals surface area contributed by atoms with E-state index in [9.17, 15) is 14.4 Å². The third-order valence-corrected chi connectivity index (χ3v) is 5.60. The molecule has 0 saturated heterocycles. The molecule has 0 unspecified atom stereocenters. The zero-order valence-corrected chi connectivity index (χ0v) is 14.9. The number of aliphatic imine (C=N–C) groups is 1. The van der Waals surface area contributed by atoms with Crippen LogP contribution in [0.4, 0.5) is 0 Å². The lowest BCUT2D eigenvalue weighted by Crippen LogP contribution is -2.17. The van der Waals surface area contributed by atoms with Crippen molar-refractivity contribution in [2.75, 3.05) is 5.75 Å². The molecule has 1 aromatic carbocycles. The lowest BCUT2D eigenvalue weighted by molar-refractivity contribution is -0.138. The minimum atomic E-state index is -0.941. The van der Waals surface area contributed by atoms with E-state index in [1.165, 1.54) is 30.0 Å². The molecule has 0 aliphatic carbocycles. The van der Waals surface area contributed by atoms with Crippen molar-refractivity contribution in [2.45, 2.75) is 25.8 Å². The lowest BCUT2D eigenvalue weighted by atomic mass is 10.2. The second kappa shape index (κ2) is 7.32. The minimum Gasteiger partial charge on any atom is -0.480 e. The molecule has 2 heterocycles. The second-order valence-electron chi connectivity index (χ2n) is 5.42. The van der Waals surface area contributed by atoms with E-state index in [0.717, 1.165) is 10.2 Å². The number of carbonyl (C=O) groups excluding carboxylic acids is 2. The van der Waals surface area contributed by atoms with Gasteiger partial charge in [-0.2, -0.15) is 0 Å². The van der Waals surface area contributed by atoms with Crippen LogP contribution in [0.2, 0.25) is 0 Å². The Kier molecular flexibility index (Phi) is 5.14. The van der Waals surface area contributed by atoms with E-state index >= 15 is 0 Å². The summed E-state index contributed by atoms with van der Waals surface area (Å²) in [4.78, 5) is 42.2. The van der Waals surface area contributed by atoms with E-state index in [0.29, 0.717) is 21.6 Å². The smallest absolute Gasteiger partial charge is 0.329 e. The quantitative estimate of drug-likeness (QED) is 0.608. The number of hydrogen-bond acceptors (Lipinski definition) is 8. The number of Topliss-reactive ketones (excluding diaryl/α,β-unsaturated/α-hetero) is 1. The van der Waals surface area contributed by atoms with Crippen LogP contribution in [0.15, 0.2) is 23.2 Å². The van der Waals surface area contributed by atoms with Gasteiger partial charge in [-0.15, -0.1) is 23.1 Å². The molecule has 0 radical (unpaired) electrons. The molecule has 0 amide bonds. The van der Waals surface area contributed by atoms with Gasteiger partial charge in [0.1, 0.15) is 21.6 Å². The molecular weight excluding hydrogens is 364 g/mol. The third-order valence-electron chi connectivity index (χ3n) is 3.39.